The van der Waals surface area contributed by atoms with Gasteiger partial charge in [0.25, 0.3) is 0 Å². The maximum Gasteiger partial charge on any atom is 0.326 e. The predicted molar refractivity (Wildman–Crippen MR) is 75.5 cm³/mol. The molecule has 1 aliphatic carbocycles. The molecule has 1 saturated heterocycles. The Labute approximate surface area is 123 Å². The van der Waals surface area contributed by atoms with E-state index >= 15 is 0 Å². The number of carbonyl (C=O) groups excluding carboxylic acids is 2. The number of piperidine rings is 1. The number of urea groups is 1. The van der Waals surface area contributed by atoms with E-state index in [-0.39, 0.29) is 0 Å². The molecule has 21 heavy (non-hydrogen) atoms. The molecule has 0 aromatic carbocycles. The van der Waals surface area contributed by atoms with Crippen molar-refractivity contribution in [3.63, 3.8) is 0 Å². The van der Waals surface area contributed by atoms with Gasteiger partial charge in [-0.25, -0.2) is 9.59 Å². The van der Waals surface area contributed by atoms with E-state index in [2.05, 4.69) is 5.32 Å². The smallest absolute Gasteiger partial charge is 0.326 e. The second-order valence-electron chi connectivity index (χ2n) is 6.20. The number of nitrogens with zero attached hydrogens (tertiary/aromatic N) is 1. The molecule has 3 amide bonds. The lowest BCUT2D eigenvalue weighted by Crippen LogP contribution is -2.52. The van der Waals surface area contributed by atoms with E-state index in [1.165, 1.54) is 25.7 Å². The van der Waals surface area contributed by atoms with Crippen molar-refractivity contribution < 1.29 is 19.5 Å². The maximum absolute atomic E-state index is 12.1. The van der Waals surface area contributed by atoms with Gasteiger partial charge >= 0.3 is 12.0 Å². The summed E-state index contributed by atoms with van der Waals surface area (Å²) < 4.78 is 0. The average Bonchev–Trinajstić information content (AvgIpc) is 2.86. The van der Waals surface area contributed by atoms with Gasteiger partial charge < -0.3 is 21.1 Å². The molecule has 0 aromatic rings. The van der Waals surface area contributed by atoms with Crippen molar-refractivity contribution in [3.8, 4) is 0 Å². The molecule has 0 aromatic heterocycles. The minimum absolute atomic E-state index is 0.390. The summed E-state index contributed by atoms with van der Waals surface area (Å²) in [6, 6.07) is -1.67. The monoisotopic (exact) mass is 297 g/mol. The highest BCUT2D eigenvalue weighted by Crippen LogP contribution is 2.46. The molecule has 4 N–H and O–H groups in total. The fourth-order valence-corrected chi connectivity index (χ4v) is 3.45. The molecule has 7 heteroatoms. The van der Waals surface area contributed by atoms with Crippen molar-refractivity contribution in [1.29, 1.82) is 0 Å². The first kappa shape index (κ1) is 15.6. The number of carboxylic acid groups (broad SMARTS) is 1. The minimum Gasteiger partial charge on any atom is -0.480 e. The van der Waals surface area contributed by atoms with Crippen LogP contribution in [0.4, 0.5) is 4.79 Å². The molecule has 0 radical (unpaired) electrons. The largest absolute Gasteiger partial charge is 0.480 e. The van der Waals surface area contributed by atoms with E-state index < -0.39 is 30.4 Å². The van der Waals surface area contributed by atoms with Gasteiger partial charge in [-0.2, -0.15) is 0 Å². The average molecular weight is 297 g/mol. The normalized spacial score (nSPS) is 22.0. The Morgan fingerprint density at radius 3 is 2.19 bits per heavy atom. The number of amides is 3. The molecule has 118 valence electrons. The van der Waals surface area contributed by atoms with Crippen LogP contribution in [0.3, 0.4) is 0 Å². The summed E-state index contributed by atoms with van der Waals surface area (Å²) in [7, 11) is 0. The van der Waals surface area contributed by atoms with Gasteiger partial charge in [0.05, 0.1) is 6.42 Å². The van der Waals surface area contributed by atoms with Gasteiger partial charge in [0, 0.05) is 13.1 Å². The van der Waals surface area contributed by atoms with E-state index in [1.807, 2.05) is 0 Å². The Balaban J connectivity index is 1.86. The summed E-state index contributed by atoms with van der Waals surface area (Å²) in [6.45, 7) is 1.30. The van der Waals surface area contributed by atoms with E-state index in [1.54, 1.807) is 4.90 Å². The van der Waals surface area contributed by atoms with Crippen molar-refractivity contribution in [2.75, 3.05) is 13.1 Å². The first-order valence-electron chi connectivity index (χ1n) is 7.48. The number of primary amides is 1. The number of hydrogen-bond acceptors (Lipinski definition) is 3. The number of nitrogens with one attached hydrogen (secondary N) is 1. The van der Waals surface area contributed by atoms with E-state index in [9.17, 15) is 14.4 Å². The van der Waals surface area contributed by atoms with Crippen LogP contribution in [0.2, 0.25) is 0 Å². The Morgan fingerprint density at radius 1 is 1.14 bits per heavy atom. The second-order valence-corrected chi connectivity index (χ2v) is 6.20. The Bertz CT molecular complexity index is 422. The highest BCUT2D eigenvalue weighted by atomic mass is 16.4. The minimum atomic E-state index is -1.25. The fourth-order valence-electron chi connectivity index (χ4n) is 3.45. The molecular weight excluding hydrogens is 274 g/mol. The molecule has 1 heterocycles. The second kappa shape index (κ2) is 6.32. The predicted octanol–water partition coefficient (Wildman–Crippen LogP) is 0.681. The zero-order chi connectivity index (χ0) is 15.5. The van der Waals surface area contributed by atoms with Crippen LogP contribution >= 0.6 is 0 Å². The van der Waals surface area contributed by atoms with Gasteiger partial charge in [-0.3, -0.25) is 4.79 Å². The number of rotatable bonds is 4. The third-order valence-electron chi connectivity index (χ3n) is 4.78. The van der Waals surface area contributed by atoms with Gasteiger partial charge in [0.1, 0.15) is 6.04 Å². The lowest BCUT2D eigenvalue weighted by molar-refractivity contribution is -0.141. The van der Waals surface area contributed by atoms with Gasteiger partial charge in [0.2, 0.25) is 5.91 Å². The van der Waals surface area contributed by atoms with Gasteiger partial charge in [-0.1, -0.05) is 12.8 Å². The number of aliphatic carboxylic acids is 1. The van der Waals surface area contributed by atoms with Gasteiger partial charge in [0.15, 0.2) is 0 Å². The molecule has 2 fully saturated rings. The molecule has 0 unspecified atom stereocenters. The SMILES string of the molecule is NC(=O)C[C@H](NC(=O)N1CCC2(CCCC2)CC1)C(=O)O. The number of likely N-dealkylation sites (tertiary alicyclic amines) is 1. The number of carbonyl (C=O) groups is 3. The number of hydrogen-bond donors (Lipinski definition) is 3. The summed E-state index contributed by atoms with van der Waals surface area (Å²) in [4.78, 5) is 35.6. The lowest BCUT2D eigenvalue weighted by atomic mass is 9.77. The third-order valence-corrected chi connectivity index (χ3v) is 4.78. The van der Waals surface area contributed by atoms with Crippen LogP contribution in [0, 0.1) is 5.41 Å². The van der Waals surface area contributed by atoms with Gasteiger partial charge in [-0.05, 0) is 31.1 Å². The molecule has 1 atom stereocenters. The van der Waals surface area contributed by atoms with Crippen LogP contribution in [0.5, 0.6) is 0 Å². The van der Waals surface area contributed by atoms with Gasteiger partial charge in [-0.15, -0.1) is 0 Å². The molecule has 1 spiro atoms. The van der Waals surface area contributed by atoms with Crippen LogP contribution in [-0.4, -0.2) is 47.0 Å². The van der Waals surface area contributed by atoms with Crippen molar-refractivity contribution in [1.82, 2.24) is 10.2 Å². The molecule has 0 bridgehead atoms. The number of carboxylic acids is 1. The van der Waals surface area contributed by atoms with E-state index in [0.717, 1.165) is 12.8 Å². The molecular formula is C14H23N3O4. The summed E-state index contributed by atoms with van der Waals surface area (Å²) in [5.74, 6) is -1.99. The summed E-state index contributed by atoms with van der Waals surface area (Å²) in [6.07, 6.45) is 6.59. The first-order chi connectivity index (χ1) is 9.92. The maximum atomic E-state index is 12.1. The van der Waals surface area contributed by atoms with Crippen molar-refractivity contribution in [3.05, 3.63) is 0 Å². The van der Waals surface area contributed by atoms with Crippen LogP contribution in [-0.2, 0) is 9.59 Å². The summed E-state index contributed by atoms with van der Waals surface area (Å²) in [5.41, 5.74) is 5.40. The fraction of sp³-hybridized carbons (Fsp3) is 0.786. The van der Waals surface area contributed by atoms with Crippen molar-refractivity contribution in [2.45, 2.75) is 51.0 Å². The zero-order valence-corrected chi connectivity index (χ0v) is 12.1. The first-order valence-corrected chi connectivity index (χ1v) is 7.48. The molecule has 1 aliphatic heterocycles. The van der Waals surface area contributed by atoms with Crippen LogP contribution < -0.4 is 11.1 Å². The summed E-state index contributed by atoms with van der Waals surface area (Å²) >= 11 is 0. The molecule has 2 aliphatic rings. The third kappa shape index (κ3) is 3.86. The van der Waals surface area contributed by atoms with Crippen LogP contribution in [0.15, 0.2) is 0 Å². The Hall–Kier alpha value is -1.79. The molecule has 1 saturated carbocycles. The van der Waals surface area contributed by atoms with Crippen molar-refractivity contribution in [2.24, 2.45) is 11.1 Å². The highest BCUT2D eigenvalue weighted by Gasteiger charge is 2.38. The topological polar surface area (TPSA) is 113 Å². The Morgan fingerprint density at radius 2 is 1.71 bits per heavy atom. The number of nitrogens with two attached hydrogens (primary N) is 1. The Kier molecular flexibility index (Phi) is 4.69. The quantitative estimate of drug-likeness (QED) is 0.708. The van der Waals surface area contributed by atoms with E-state index in [4.69, 9.17) is 10.8 Å². The van der Waals surface area contributed by atoms with Crippen molar-refractivity contribution >= 4 is 17.9 Å². The zero-order valence-electron chi connectivity index (χ0n) is 12.1. The van der Waals surface area contributed by atoms with Crippen LogP contribution in [0.25, 0.3) is 0 Å². The molecule has 2 rings (SSSR count). The summed E-state index contributed by atoms with van der Waals surface area (Å²) in [5, 5.41) is 11.4. The molecule has 7 nitrogen and oxygen atoms in total. The van der Waals surface area contributed by atoms with Crippen LogP contribution in [0.1, 0.15) is 44.9 Å². The van der Waals surface area contributed by atoms with E-state index in [0.29, 0.717) is 18.5 Å². The standard InChI is InChI=1S/C14H23N3O4/c15-11(18)9-10(12(19)20)16-13(21)17-7-5-14(6-8-17)3-1-2-4-14/h10H,1-9H2,(H2,15,18)(H,16,21)(H,19,20)/t10-/m0/s1. The highest BCUT2D eigenvalue weighted by molar-refractivity contribution is 5.87. The lowest BCUT2D eigenvalue weighted by Gasteiger charge is -2.39.